The molecule has 1 N–H and O–H groups in total. The predicted molar refractivity (Wildman–Crippen MR) is 74.3 cm³/mol. The van der Waals surface area contributed by atoms with Gasteiger partial charge in [0.2, 0.25) is 0 Å². The van der Waals surface area contributed by atoms with E-state index in [0.29, 0.717) is 24.3 Å². The summed E-state index contributed by atoms with van der Waals surface area (Å²) in [5.74, 6) is -0.554. The summed E-state index contributed by atoms with van der Waals surface area (Å²) in [5, 5.41) is 12.1. The summed E-state index contributed by atoms with van der Waals surface area (Å²) in [5.41, 5.74) is 0.740. The van der Waals surface area contributed by atoms with Crippen LogP contribution in [-0.4, -0.2) is 31.1 Å². The lowest BCUT2D eigenvalue weighted by molar-refractivity contribution is 0.00952. The van der Waals surface area contributed by atoms with Crippen LogP contribution in [0.2, 0.25) is 0 Å². The van der Waals surface area contributed by atoms with E-state index in [2.05, 4.69) is 5.32 Å². The third kappa shape index (κ3) is 2.97. The molecular weight excluding hydrogens is 271 g/mol. The van der Waals surface area contributed by atoms with Crippen molar-refractivity contribution >= 4 is 5.78 Å². The number of Topliss-reactive ketones (excluding diaryl/α,β-unsaturated/α-hetero) is 1. The summed E-state index contributed by atoms with van der Waals surface area (Å²) in [6, 6.07) is 6.79. The molecule has 2 aliphatic rings. The zero-order chi connectivity index (χ0) is 14.8. The maximum Gasteiger partial charge on any atom is 0.166 e. The van der Waals surface area contributed by atoms with Crippen LogP contribution in [0.15, 0.2) is 18.2 Å². The van der Waals surface area contributed by atoms with Crippen molar-refractivity contribution in [1.82, 2.24) is 5.32 Å². The number of benzene rings is 1. The molecule has 0 amide bonds. The first kappa shape index (κ1) is 14.2. The van der Waals surface area contributed by atoms with Gasteiger partial charge >= 0.3 is 0 Å². The minimum Gasteiger partial charge on any atom is -0.378 e. The Hall–Kier alpha value is -1.77. The predicted octanol–water partition coefficient (Wildman–Crippen LogP) is 1.84. The molecule has 4 nitrogen and oxygen atoms in total. The lowest BCUT2D eigenvalue weighted by atomic mass is 9.82. The number of nitrogens with zero attached hydrogens (tertiary/aromatic N) is 1. The molecule has 1 aromatic carbocycles. The number of piperidine rings is 1. The fourth-order valence-electron chi connectivity index (χ4n) is 3.22. The Morgan fingerprint density at radius 2 is 2.10 bits per heavy atom. The van der Waals surface area contributed by atoms with E-state index in [4.69, 9.17) is 10.00 Å². The van der Waals surface area contributed by atoms with E-state index in [-0.39, 0.29) is 30.2 Å². The van der Waals surface area contributed by atoms with Crippen molar-refractivity contribution in [3.63, 3.8) is 0 Å². The van der Waals surface area contributed by atoms with Crippen molar-refractivity contribution in [2.24, 2.45) is 5.92 Å². The third-order valence-corrected chi connectivity index (χ3v) is 4.23. The molecule has 0 aromatic heterocycles. The zero-order valence-electron chi connectivity index (χ0n) is 11.6. The normalized spacial score (nSPS) is 27.9. The number of carbonyl (C=O) groups is 1. The van der Waals surface area contributed by atoms with Gasteiger partial charge in [-0.3, -0.25) is 4.79 Å². The molecule has 0 spiro atoms. The van der Waals surface area contributed by atoms with Crippen molar-refractivity contribution in [3.05, 3.63) is 35.1 Å². The van der Waals surface area contributed by atoms with Crippen LogP contribution in [0.3, 0.4) is 0 Å². The molecule has 0 aliphatic carbocycles. The van der Waals surface area contributed by atoms with E-state index in [1.54, 1.807) is 6.07 Å². The van der Waals surface area contributed by atoms with Gasteiger partial charge in [-0.15, -0.1) is 0 Å². The molecule has 0 saturated carbocycles. The second-order valence-electron chi connectivity index (χ2n) is 5.77. The van der Waals surface area contributed by atoms with E-state index in [9.17, 15) is 9.18 Å². The van der Waals surface area contributed by atoms with Crippen LogP contribution in [-0.2, 0) is 11.2 Å². The monoisotopic (exact) mass is 288 g/mol. The number of fused-ring (bicyclic) bond motifs is 2. The summed E-state index contributed by atoms with van der Waals surface area (Å²) in [6.45, 7) is 1.27. The Labute approximate surface area is 122 Å². The number of ether oxygens (including phenoxy) is 1. The topological polar surface area (TPSA) is 62.1 Å². The molecule has 2 saturated heterocycles. The molecule has 0 radical (unpaired) electrons. The standard InChI is InChI=1S/C16H17FN2O2/c17-15-7-11(2-1-10(15)3-4-18)16(20)12-5-13-8-21-9-14(6-12)19-13/h1-2,7,12-14,19H,3,5-6,8-9H2. The Balaban J connectivity index is 1.76. The molecule has 110 valence electrons. The highest BCUT2D eigenvalue weighted by atomic mass is 19.1. The number of carbonyl (C=O) groups excluding carboxylic acids is 1. The van der Waals surface area contributed by atoms with Crippen LogP contribution in [0, 0.1) is 23.1 Å². The van der Waals surface area contributed by atoms with Gasteiger partial charge in [0.25, 0.3) is 0 Å². The maximum atomic E-state index is 13.9. The SMILES string of the molecule is N#CCc1ccc(C(=O)C2CC3COCC(C2)N3)cc1F. The number of halogens is 1. The number of ketones is 1. The third-order valence-electron chi connectivity index (χ3n) is 4.23. The Kier molecular flexibility index (Phi) is 4.00. The Morgan fingerprint density at radius 1 is 1.38 bits per heavy atom. The largest absolute Gasteiger partial charge is 0.378 e. The first-order chi connectivity index (χ1) is 10.2. The molecule has 2 aliphatic heterocycles. The molecule has 2 atom stereocenters. The van der Waals surface area contributed by atoms with Gasteiger partial charge in [-0.25, -0.2) is 4.39 Å². The average molecular weight is 288 g/mol. The Morgan fingerprint density at radius 3 is 2.71 bits per heavy atom. The molecule has 2 bridgehead atoms. The number of hydrogen-bond donors (Lipinski definition) is 1. The molecule has 5 heteroatoms. The van der Waals surface area contributed by atoms with Crippen molar-refractivity contribution in [1.29, 1.82) is 5.26 Å². The van der Waals surface area contributed by atoms with Crippen molar-refractivity contribution in [2.75, 3.05) is 13.2 Å². The lowest BCUT2D eigenvalue weighted by Crippen LogP contribution is -2.55. The highest BCUT2D eigenvalue weighted by Gasteiger charge is 2.35. The Bertz CT molecular complexity index is 584. The van der Waals surface area contributed by atoms with E-state index in [0.717, 1.165) is 12.8 Å². The molecule has 2 heterocycles. The van der Waals surface area contributed by atoms with E-state index < -0.39 is 5.82 Å². The van der Waals surface area contributed by atoms with Crippen LogP contribution in [0.1, 0.15) is 28.8 Å². The highest BCUT2D eigenvalue weighted by molar-refractivity contribution is 5.98. The van der Waals surface area contributed by atoms with Gasteiger partial charge in [0.05, 0.1) is 25.7 Å². The highest BCUT2D eigenvalue weighted by Crippen LogP contribution is 2.27. The van der Waals surface area contributed by atoms with Gasteiger partial charge in [-0.2, -0.15) is 5.26 Å². The van der Waals surface area contributed by atoms with E-state index in [1.165, 1.54) is 12.1 Å². The fourth-order valence-corrected chi connectivity index (χ4v) is 3.22. The van der Waals surface area contributed by atoms with Crippen molar-refractivity contribution < 1.29 is 13.9 Å². The van der Waals surface area contributed by atoms with Crippen LogP contribution < -0.4 is 5.32 Å². The molecule has 3 rings (SSSR count). The average Bonchev–Trinajstić information content (AvgIpc) is 2.48. The minimum absolute atomic E-state index is 0.00388. The number of morpholine rings is 1. The molecular formula is C16H17FN2O2. The van der Waals surface area contributed by atoms with Gasteiger partial charge < -0.3 is 10.1 Å². The van der Waals surface area contributed by atoms with Gasteiger partial charge in [0.1, 0.15) is 5.82 Å². The summed E-state index contributed by atoms with van der Waals surface area (Å²) in [4.78, 5) is 12.6. The van der Waals surface area contributed by atoms with Crippen LogP contribution >= 0.6 is 0 Å². The summed E-state index contributed by atoms with van der Waals surface area (Å²) in [7, 11) is 0. The quantitative estimate of drug-likeness (QED) is 0.862. The van der Waals surface area contributed by atoms with Crippen molar-refractivity contribution in [2.45, 2.75) is 31.3 Å². The first-order valence-electron chi connectivity index (χ1n) is 7.20. The van der Waals surface area contributed by atoms with Gasteiger partial charge in [0.15, 0.2) is 5.78 Å². The number of hydrogen-bond acceptors (Lipinski definition) is 4. The van der Waals surface area contributed by atoms with Crippen LogP contribution in [0.5, 0.6) is 0 Å². The first-order valence-corrected chi connectivity index (χ1v) is 7.20. The minimum atomic E-state index is -0.472. The number of nitriles is 1. The second-order valence-corrected chi connectivity index (χ2v) is 5.77. The summed E-state index contributed by atoms with van der Waals surface area (Å²) < 4.78 is 19.3. The van der Waals surface area contributed by atoms with Crippen LogP contribution in [0.25, 0.3) is 0 Å². The summed E-state index contributed by atoms with van der Waals surface area (Å²) in [6.07, 6.45) is 1.49. The number of nitrogens with one attached hydrogen (secondary N) is 1. The smallest absolute Gasteiger partial charge is 0.166 e. The van der Waals surface area contributed by atoms with Gasteiger partial charge in [-0.1, -0.05) is 12.1 Å². The zero-order valence-corrected chi connectivity index (χ0v) is 11.6. The number of rotatable bonds is 3. The summed E-state index contributed by atoms with van der Waals surface area (Å²) >= 11 is 0. The molecule has 1 aromatic rings. The molecule has 2 fully saturated rings. The second kappa shape index (κ2) is 5.92. The van der Waals surface area contributed by atoms with Crippen LogP contribution in [0.4, 0.5) is 4.39 Å². The van der Waals surface area contributed by atoms with Gasteiger partial charge in [-0.05, 0) is 18.9 Å². The van der Waals surface area contributed by atoms with Gasteiger partial charge in [0, 0.05) is 29.1 Å². The fraction of sp³-hybridized carbons (Fsp3) is 0.500. The molecule has 21 heavy (non-hydrogen) atoms. The van der Waals surface area contributed by atoms with E-state index >= 15 is 0 Å². The van der Waals surface area contributed by atoms with E-state index in [1.807, 2.05) is 6.07 Å². The van der Waals surface area contributed by atoms with Crippen molar-refractivity contribution in [3.8, 4) is 6.07 Å². The lowest BCUT2D eigenvalue weighted by Gasteiger charge is -2.39. The maximum absolute atomic E-state index is 13.9. The molecule has 2 unspecified atom stereocenters.